The van der Waals surface area contributed by atoms with Gasteiger partial charge in [-0.3, -0.25) is 19.1 Å². The van der Waals surface area contributed by atoms with E-state index >= 15 is 0 Å². The Morgan fingerprint density at radius 1 is 1.20 bits per heavy atom. The highest BCUT2D eigenvalue weighted by molar-refractivity contribution is 6.06. The highest BCUT2D eigenvalue weighted by Gasteiger charge is 2.33. The molecule has 1 heterocycles. The van der Waals surface area contributed by atoms with Gasteiger partial charge in [-0.05, 0) is 36.2 Å². The predicted molar refractivity (Wildman–Crippen MR) is 114 cm³/mol. The van der Waals surface area contributed by atoms with Crippen molar-refractivity contribution in [2.45, 2.75) is 33.2 Å². The number of esters is 2. The topological polar surface area (TPSA) is 77.8 Å². The van der Waals surface area contributed by atoms with Crippen LogP contribution in [0.1, 0.15) is 36.7 Å². The normalized spacial score (nSPS) is 17.4. The summed E-state index contributed by atoms with van der Waals surface area (Å²) in [5.41, 5.74) is 2.89. The molecule has 1 unspecified atom stereocenters. The molecule has 0 saturated heterocycles. The summed E-state index contributed by atoms with van der Waals surface area (Å²) in [5, 5.41) is 0.952. The number of rotatable bonds is 4. The molecule has 1 atom stereocenters. The van der Waals surface area contributed by atoms with Crippen LogP contribution in [0.15, 0.2) is 30.5 Å². The van der Waals surface area contributed by atoms with E-state index in [2.05, 4.69) is 0 Å². The first-order valence-electron chi connectivity index (χ1n) is 9.83. The molecule has 7 nitrogen and oxygen atoms in total. The highest BCUT2D eigenvalue weighted by atomic mass is 16.5. The Morgan fingerprint density at radius 3 is 2.50 bits per heavy atom. The fraction of sp³-hybridized carbons (Fsp3) is 0.435. The van der Waals surface area contributed by atoms with E-state index in [1.165, 1.54) is 20.3 Å². The molecule has 30 heavy (non-hydrogen) atoms. The van der Waals surface area contributed by atoms with Crippen LogP contribution in [-0.2, 0) is 25.5 Å². The van der Waals surface area contributed by atoms with Gasteiger partial charge in [-0.15, -0.1) is 0 Å². The molecule has 0 bridgehead atoms. The summed E-state index contributed by atoms with van der Waals surface area (Å²) >= 11 is 0. The second kappa shape index (κ2) is 8.07. The molecule has 2 aromatic rings. The van der Waals surface area contributed by atoms with Crippen molar-refractivity contribution >= 4 is 34.3 Å². The number of methoxy groups -OCH3 is 2. The Bertz CT molecular complexity index is 1040. The molecule has 0 spiro atoms. The van der Waals surface area contributed by atoms with Gasteiger partial charge in [0.2, 0.25) is 5.91 Å². The van der Waals surface area contributed by atoms with Crippen molar-refractivity contribution in [3.05, 3.63) is 41.6 Å². The lowest BCUT2D eigenvalue weighted by molar-refractivity contribution is -0.141. The van der Waals surface area contributed by atoms with Gasteiger partial charge in [-0.25, -0.2) is 4.79 Å². The molecular formula is C23H28N2O5. The van der Waals surface area contributed by atoms with Crippen LogP contribution in [0.2, 0.25) is 0 Å². The minimum absolute atomic E-state index is 0.00392. The van der Waals surface area contributed by atoms with Crippen molar-refractivity contribution in [1.29, 1.82) is 0 Å². The lowest BCUT2D eigenvalue weighted by atomic mass is 9.83. The third kappa shape index (κ3) is 3.89. The number of benzene rings is 1. The standard InChI is InChI=1S/C23H28N2O5/c1-23(2,3)22(28)25-12-14-10-18(24(4)13-20(27)30-6)16(11-19(26)29-5)15-8-7-9-17(25)21(14)15/h7-9,11-12,18H,10,13H2,1-6H3/b16-11+. The van der Waals surface area contributed by atoms with Gasteiger partial charge in [0, 0.05) is 29.1 Å². The van der Waals surface area contributed by atoms with Crippen LogP contribution in [0.5, 0.6) is 0 Å². The number of ether oxygens (including phenoxy) is 2. The summed E-state index contributed by atoms with van der Waals surface area (Å²) in [5.74, 6) is -0.831. The van der Waals surface area contributed by atoms with E-state index in [0.29, 0.717) is 6.42 Å². The molecule has 0 saturated carbocycles. The molecule has 1 aromatic carbocycles. The van der Waals surface area contributed by atoms with Gasteiger partial charge in [0.1, 0.15) is 0 Å². The Kier molecular flexibility index (Phi) is 5.85. The smallest absolute Gasteiger partial charge is 0.330 e. The van der Waals surface area contributed by atoms with E-state index < -0.39 is 11.4 Å². The maximum atomic E-state index is 13.0. The summed E-state index contributed by atoms with van der Waals surface area (Å²) in [7, 11) is 4.49. The number of nitrogens with zero attached hydrogens (tertiary/aromatic N) is 2. The second-order valence-corrected chi connectivity index (χ2v) is 8.61. The number of aromatic nitrogens is 1. The molecule has 0 amide bonds. The number of hydrogen-bond acceptors (Lipinski definition) is 6. The SMILES string of the molecule is COC(=O)/C=C1\c2cccc3c2c(cn3C(=O)C(C)(C)C)CC1N(C)CC(=O)OC. The summed E-state index contributed by atoms with van der Waals surface area (Å²) in [6, 6.07) is 5.48. The van der Waals surface area contributed by atoms with Crippen LogP contribution in [0.3, 0.4) is 0 Å². The highest BCUT2D eigenvalue weighted by Crippen LogP contribution is 2.40. The zero-order valence-corrected chi connectivity index (χ0v) is 18.3. The van der Waals surface area contributed by atoms with Gasteiger partial charge in [-0.1, -0.05) is 32.9 Å². The summed E-state index contributed by atoms with van der Waals surface area (Å²) in [4.78, 5) is 38.9. The Hall–Kier alpha value is -2.93. The molecule has 0 radical (unpaired) electrons. The first-order chi connectivity index (χ1) is 14.1. The van der Waals surface area contributed by atoms with E-state index in [0.717, 1.165) is 27.6 Å². The third-order valence-electron chi connectivity index (χ3n) is 5.46. The Labute approximate surface area is 176 Å². The first kappa shape index (κ1) is 21.8. The van der Waals surface area contributed by atoms with Gasteiger partial charge in [0.05, 0.1) is 26.3 Å². The van der Waals surface area contributed by atoms with E-state index in [1.54, 1.807) is 4.57 Å². The van der Waals surface area contributed by atoms with Gasteiger partial charge >= 0.3 is 11.9 Å². The first-order valence-corrected chi connectivity index (χ1v) is 9.83. The lowest BCUT2D eigenvalue weighted by Crippen LogP contribution is -2.40. The molecule has 1 aliphatic carbocycles. The lowest BCUT2D eigenvalue weighted by Gasteiger charge is -2.33. The Morgan fingerprint density at radius 2 is 1.90 bits per heavy atom. The quantitative estimate of drug-likeness (QED) is 0.568. The summed E-state index contributed by atoms with van der Waals surface area (Å²) < 4.78 is 11.4. The molecule has 0 N–H and O–H groups in total. The minimum atomic E-state index is -0.543. The maximum absolute atomic E-state index is 13.0. The minimum Gasteiger partial charge on any atom is -0.468 e. The zero-order valence-electron chi connectivity index (χ0n) is 18.3. The van der Waals surface area contributed by atoms with Crippen LogP contribution in [0.4, 0.5) is 0 Å². The van der Waals surface area contributed by atoms with Crippen molar-refractivity contribution < 1.29 is 23.9 Å². The van der Waals surface area contributed by atoms with E-state index in [1.807, 2.05) is 57.1 Å². The van der Waals surface area contributed by atoms with Crippen LogP contribution < -0.4 is 0 Å². The van der Waals surface area contributed by atoms with Crippen LogP contribution in [0.25, 0.3) is 16.5 Å². The maximum Gasteiger partial charge on any atom is 0.330 e. The van der Waals surface area contributed by atoms with E-state index in [9.17, 15) is 14.4 Å². The summed E-state index contributed by atoms with van der Waals surface area (Å²) in [6.45, 7) is 5.74. The molecule has 7 heteroatoms. The molecule has 0 fully saturated rings. The fourth-order valence-corrected chi connectivity index (χ4v) is 3.92. The van der Waals surface area contributed by atoms with Crippen molar-refractivity contribution in [1.82, 2.24) is 9.47 Å². The van der Waals surface area contributed by atoms with Crippen molar-refractivity contribution in [2.24, 2.45) is 5.41 Å². The number of carbonyl (C=O) groups is 3. The van der Waals surface area contributed by atoms with E-state index in [-0.39, 0.29) is 24.5 Å². The molecular weight excluding hydrogens is 384 g/mol. The fourth-order valence-electron chi connectivity index (χ4n) is 3.92. The average Bonchev–Trinajstić information content (AvgIpc) is 3.07. The monoisotopic (exact) mass is 412 g/mol. The van der Waals surface area contributed by atoms with Crippen LogP contribution in [0, 0.1) is 5.41 Å². The van der Waals surface area contributed by atoms with Gasteiger partial charge < -0.3 is 9.47 Å². The Balaban J connectivity index is 2.19. The molecule has 0 aliphatic heterocycles. The molecule has 1 aromatic heterocycles. The predicted octanol–water partition coefficient (Wildman–Crippen LogP) is 2.91. The second-order valence-electron chi connectivity index (χ2n) is 8.61. The summed E-state index contributed by atoms with van der Waals surface area (Å²) in [6.07, 6.45) is 3.91. The van der Waals surface area contributed by atoms with Gasteiger partial charge in [-0.2, -0.15) is 0 Å². The van der Waals surface area contributed by atoms with Gasteiger partial charge in [0.25, 0.3) is 0 Å². The number of hydrogen-bond donors (Lipinski definition) is 0. The van der Waals surface area contributed by atoms with Crippen LogP contribution >= 0.6 is 0 Å². The number of likely N-dealkylation sites (N-methyl/N-ethyl adjacent to an activating group) is 1. The zero-order chi connectivity index (χ0) is 22.2. The van der Waals surface area contributed by atoms with Crippen LogP contribution in [-0.4, -0.2) is 61.2 Å². The third-order valence-corrected chi connectivity index (χ3v) is 5.46. The average molecular weight is 412 g/mol. The van der Waals surface area contributed by atoms with Crippen molar-refractivity contribution in [2.75, 3.05) is 27.8 Å². The van der Waals surface area contributed by atoms with E-state index in [4.69, 9.17) is 9.47 Å². The molecule has 3 rings (SSSR count). The number of carbonyl (C=O) groups excluding carboxylic acids is 3. The molecule has 160 valence electrons. The molecule has 1 aliphatic rings. The van der Waals surface area contributed by atoms with Crippen molar-refractivity contribution in [3.63, 3.8) is 0 Å². The van der Waals surface area contributed by atoms with Gasteiger partial charge in [0.15, 0.2) is 0 Å². The van der Waals surface area contributed by atoms with Crippen molar-refractivity contribution in [3.8, 4) is 0 Å². The largest absolute Gasteiger partial charge is 0.468 e.